The first-order chi connectivity index (χ1) is 21.6. The van der Waals surface area contributed by atoms with Crippen molar-refractivity contribution in [2.45, 2.75) is 58.7 Å². The normalized spacial score (nSPS) is 16.1. The van der Waals surface area contributed by atoms with E-state index in [-0.39, 0.29) is 18.9 Å². The molecule has 0 aliphatic carbocycles. The number of benzene rings is 2. The van der Waals surface area contributed by atoms with Crippen LogP contribution >= 0.6 is 0 Å². The number of ether oxygens (including phenoxy) is 6. The molecule has 2 aliphatic rings. The molecule has 1 aromatic heterocycles. The summed E-state index contributed by atoms with van der Waals surface area (Å²) in [5.41, 5.74) is 2.49. The molecule has 1 atom stereocenters. The Bertz CT molecular complexity index is 1470. The van der Waals surface area contributed by atoms with E-state index < -0.39 is 18.0 Å². The summed E-state index contributed by atoms with van der Waals surface area (Å²) in [5, 5.41) is 2.22. The third-order valence-corrected chi connectivity index (χ3v) is 7.89. The van der Waals surface area contributed by atoms with Crippen LogP contribution in [0.15, 0.2) is 36.4 Å². The second-order valence-electron chi connectivity index (χ2n) is 12.3. The second kappa shape index (κ2) is 14.1. The lowest BCUT2D eigenvalue weighted by atomic mass is 10.0. The molecular weight excluding hydrogens is 578 g/mol. The lowest BCUT2D eigenvalue weighted by molar-refractivity contribution is -0.152. The number of amides is 1. The Labute approximate surface area is 265 Å². The number of rotatable bonds is 10. The van der Waals surface area contributed by atoms with Crippen LogP contribution in [0.3, 0.4) is 0 Å². The minimum absolute atomic E-state index is 0.168. The molecule has 1 fully saturated rings. The number of piperazine rings is 1. The van der Waals surface area contributed by atoms with E-state index in [4.69, 9.17) is 38.4 Å². The van der Waals surface area contributed by atoms with Crippen molar-refractivity contribution in [3.8, 4) is 11.8 Å². The van der Waals surface area contributed by atoms with Gasteiger partial charge in [-0.25, -0.2) is 4.79 Å². The van der Waals surface area contributed by atoms with Crippen molar-refractivity contribution in [3.63, 3.8) is 0 Å². The van der Waals surface area contributed by atoms with Gasteiger partial charge < -0.3 is 43.1 Å². The fourth-order valence-electron chi connectivity index (χ4n) is 5.77. The highest BCUT2D eigenvalue weighted by molar-refractivity contribution is 5.95. The molecule has 0 radical (unpaired) electrons. The summed E-state index contributed by atoms with van der Waals surface area (Å²) in [6, 6.07) is 12.6. The minimum Gasteiger partial charge on any atom is -0.467 e. The van der Waals surface area contributed by atoms with Crippen LogP contribution in [0.5, 0.6) is 11.8 Å². The third kappa shape index (κ3) is 7.69. The van der Waals surface area contributed by atoms with Crippen molar-refractivity contribution >= 4 is 28.4 Å². The highest BCUT2D eigenvalue weighted by atomic mass is 16.7. The van der Waals surface area contributed by atoms with Crippen molar-refractivity contribution < 1.29 is 33.2 Å². The van der Waals surface area contributed by atoms with Gasteiger partial charge in [-0.3, -0.25) is 0 Å². The number of anilines is 2. The van der Waals surface area contributed by atoms with Crippen LogP contribution < -0.4 is 19.3 Å². The fourth-order valence-corrected chi connectivity index (χ4v) is 5.77. The van der Waals surface area contributed by atoms with E-state index in [2.05, 4.69) is 28.0 Å². The molecule has 2 aromatic carbocycles. The van der Waals surface area contributed by atoms with Gasteiger partial charge >= 0.3 is 12.1 Å². The van der Waals surface area contributed by atoms with Crippen molar-refractivity contribution in [2.75, 3.05) is 70.6 Å². The van der Waals surface area contributed by atoms with E-state index >= 15 is 0 Å². The molecule has 3 aromatic rings. The minimum atomic E-state index is -0.580. The molecule has 0 bridgehead atoms. The maximum atomic E-state index is 12.7. The topological polar surface area (TPSA) is 108 Å². The van der Waals surface area contributed by atoms with Gasteiger partial charge in [-0.05, 0) is 45.6 Å². The largest absolute Gasteiger partial charge is 0.467 e. The summed E-state index contributed by atoms with van der Waals surface area (Å²) in [7, 11) is 4.76. The van der Waals surface area contributed by atoms with Crippen molar-refractivity contribution in [1.29, 1.82) is 0 Å². The fraction of sp³-hybridized carbons (Fsp3) is 0.545. The van der Waals surface area contributed by atoms with Crippen LogP contribution in [0.4, 0.5) is 16.3 Å². The van der Waals surface area contributed by atoms with Gasteiger partial charge in [0, 0.05) is 76.8 Å². The molecule has 12 heteroatoms. The quantitative estimate of drug-likeness (QED) is 0.295. The lowest BCUT2D eigenvalue weighted by Crippen LogP contribution is -2.50. The summed E-state index contributed by atoms with van der Waals surface area (Å²) in [4.78, 5) is 28.9. The van der Waals surface area contributed by atoms with Gasteiger partial charge in [-0.1, -0.05) is 24.3 Å². The zero-order chi connectivity index (χ0) is 32.1. The molecule has 0 saturated carbocycles. The Balaban J connectivity index is 1.46. The van der Waals surface area contributed by atoms with E-state index in [9.17, 15) is 4.79 Å². The van der Waals surface area contributed by atoms with Crippen molar-refractivity contribution in [2.24, 2.45) is 0 Å². The highest BCUT2D eigenvalue weighted by Gasteiger charge is 2.31. The van der Waals surface area contributed by atoms with Gasteiger partial charge in [0.1, 0.15) is 23.3 Å². The Morgan fingerprint density at radius 2 is 1.69 bits per heavy atom. The van der Waals surface area contributed by atoms with Gasteiger partial charge in [0.25, 0.3) is 0 Å². The molecule has 5 rings (SSSR count). The molecule has 1 saturated heterocycles. The molecule has 3 heterocycles. The Hall–Kier alpha value is -3.87. The van der Waals surface area contributed by atoms with E-state index in [0.717, 1.165) is 52.3 Å². The maximum absolute atomic E-state index is 12.7. The zero-order valence-corrected chi connectivity index (χ0v) is 27.4. The van der Waals surface area contributed by atoms with Gasteiger partial charge in [0.05, 0.1) is 12.2 Å². The number of methoxy groups -OCH3 is 3. The van der Waals surface area contributed by atoms with Gasteiger partial charge in [0.2, 0.25) is 0 Å². The summed E-state index contributed by atoms with van der Waals surface area (Å²) in [6.07, 6.45) is -0.589. The number of fused-ring (bicyclic) bond motifs is 2. The molecule has 12 nitrogen and oxygen atoms in total. The Morgan fingerprint density at radius 1 is 0.956 bits per heavy atom. The molecule has 1 unspecified atom stereocenters. The maximum Gasteiger partial charge on any atom is 0.410 e. The Kier molecular flexibility index (Phi) is 10.2. The highest BCUT2D eigenvalue weighted by Crippen LogP contribution is 2.37. The standard InChI is InChI=1S/C33H45N5O7/c1-22(30(41-6)42-7)44-31-34-27-20-38(28-19-24(43-21-40-5)18-23-10-8-9-11-25(23)28)13-12-26(27)29(35-31)36-14-16-37(17-15-36)32(39)45-33(2,3)4/h8-11,18-19,22,30H,12-17,20-21H2,1-7H3. The number of hydrogen-bond acceptors (Lipinski definition) is 11. The van der Waals surface area contributed by atoms with Crippen LogP contribution in [-0.2, 0) is 31.9 Å². The van der Waals surface area contributed by atoms with Crippen LogP contribution in [0.2, 0.25) is 0 Å². The molecular formula is C33H45N5O7. The lowest BCUT2D eigenvalue weighted by Gasteiger charge is -2.38. The number of carbonyl (C=O) groups is 1. The average Bonchev–Trinajstić information content (AvgIpc) is 3.02. The number of carbonyl (C=O) groups excluding carboxylic acids is 1. The van der Waals surface area contributed by atoms with Gasteiger partial charge in [-0.15, -0.1) is 0 Å². The molecule has 244 valence electrons. The molecule has 45 heavy (non-hydrogen) atoms. The number of aromatic nitrogens is 2. The predicted octanol–water partition coefficient (Wildman–Crippen LogP) is 4.62. The van der Waals surface area contributed by atoms with Crippen LogP contribution in [-0.4, -0.2) is 99.8 Å². The van der Waals surface area contributed by atoms with Gasteiger partial charge in [0.15, 0.2) is 13.1 Å². The monoisotopic (exact) mass is 623 g/mol. The zero-order valence-electron chi connectivity index (χ0n) is 27.4. The van der Waals surface area contributed by atoms with Crippen LogP contribution in [0.1, 0.15) is 39.0 Å². The summed E-state index contributed by atoms with van der Waals surface area (Å²) < 4.78 is 33.7. The molecule has 2 aliphatic heterocycles. The number of hydrogen-bond donors (Lipinski definition) is 0. The number of nitrogens with zero attached hydrogens (tertiary/aromatic N) is 5. The third-order valence-electron chi connectivity index (χ3n) is 7.89. The Morgan fingerprint density at radius 3 is 2.38 bits per heavy atom. The van der Waals surface area contributed by atoms with Gasteiger partial charge in [-0.2, -0.15) is 9.97 Å². The van der Waals surface area contributed by atoms with Crippen molar-refractivity contribution in [1.82, 2.24) is 14.9 Å². The summed E-state index contributed by atoms with van der Waals surface area (Å²) in [5.74, 6) is 1.57. The SMILES string of the molecule is COCOc1cc(N2CCc3c(nc(OC(C)C(OC)OC)nc3N3CCN(C(=O)OC(C)(C)C)CC3)C2)c2ccccc2c1. The van der Waals surface area contributed by atoms with Crippen LogP contribution in [0.25, 0.3) is 10.8 Å². The van der Waals surface area contributed by atoms with E-state index in [1.54, 1.807) is 26.2 Å². The van der Waals surface area contributed by atoms with E-state index in [0.29, 0.717) is 32.7 Å². The first-order valence-electron chi connectivity index (χ1n) is 15.3. The second-order valence-corrected chi connectivity index (χ2v) is 12.3. The first kappa shape index (κ1) is 32.5. The van der Waals surface area contributed by atoms with E-state index in [1.807, 2.05) is 45.9 Å². The molecule has 1 amide bonds. The molecule has 0 spiro atoms. The van der Waals surface area contributed by atoms with E-state index in [1.165, 1.54) is 0 Å². The molecule has 0 N–H and O–H groups in total. The summed E-state index contributed by atoms with van der Waals surface area (Å²) in [6.45, 7) is 11.3. The van der Waals surface area contributed by atoms with Crippen molar-refractivity contribution in [3.05, 3.63) is 47.7 Å². The average molecular weight is 624 g/mol. The predicted molar refractivity (Wildman–Crippen MR) is 171 cm³/mol. The first-order valence-corrected chi connectivity index (χ1v) is 15.3. The van der Waals surface area contributed by atoms with Crippen LogP contribution in [0, 0.1) is 0 Å². The summed E-state index contributed by atoms with van der Waals surface area (Å²) >= 11 is 0. The smallest absolute Gasteiger partial charge is 0.410 e.